The molecule has 5 nitrogen and oxygen atoms in total. The van der Waals surface area contributed by atoms with Crippen LogP contribution in [0.25, 0.3) is 6.08 Å². The van der Waals surface area contributed by atoms with Crippen LogP contribution in [-0.2, 0) is 14.3 Å². The summed E-state index contributed by atoms with van der Waals surface area (Å²) in [5, 5.41) is 2.69. The SMILES string of the molecule is CCCO[C@H]1CCCN(C(=O)/C(=C\c2ccccc2)NC(C)=O)CC1. The van der Waals surface area contributed by atoms with E-state index in [1.54, 1.807) is 6.08 Å². The third kappa shape index (κ3) is 6.35. The Labute approximate surface area is 150 Å². The molecule has 0 spiro atoms. The minimum atomic E-state index is -0.241. The van der Waals surface area contributed by atoms with Gasteiger partial charge in [-0.2, -0.15) is 0 Å². The Kier molecular flexibility index (Phi) is 7.67. The highest BCUT2D eigenvalue weighted by molar-refractivity contribution is 6.00. The van der Waals surface area contributed by atoms with Crippen molar-refractivity contribution in [1.29, 1.82) is 0 Å². The monoisotopic (exact) mass is 344 g/mol. The maximum Gasteiger partial charge on any atom is 0.270 e. The van der Waals surface area contributed by atoms with Gasteiger partial charge in [0.2, 0.25) is 5.91 Å². The number of carbonyl (C=O) groups is 2. The summed E-state index contributed by atoms with van der Waals surface area (Å²) in [6.45, 7) is 5.63. The summed E-state index contributed by atoms with van der Waals surface area (Å²) in [7, 11) is 0. The minimum Gasteiger partial charge on any atom is -0.378 e. The lowest BCUT2D eigenvalue weighted by Gasteiger charge is -2.22. The van der Waals surface area contributed by atoms with Crippen LogP contribution in [-0.4, -0.2) is 42.5 Å². The first-order chi connectivity index (χ1) is 12.1. The molecule has 2 amide bonds. The van der Waals surface area contributed by atoms with E-state index in [4.69, 9.17) is 4.74 Å². The molecule has 1 aliphatic rings. The predicted molar refractivity (Wildman–Crippen MR) is 98.7 cm³/mol. The van der Waals surface area contributed by atoms with E-state index in [9.17, 15) is 9.59 Å². The molecule has 2 rings (SSSR count). The Bertz CT molecular complexity index is 598. The van der Waals surface area contributed by atoms with E-state index >= 15 is 0 Å². The van der Waals surface area contributed by atoms with Crippen molar-refractivity contribution >= 4 is 17.9 Å². The van der Waals surface area contributed by atoms with Crippen molar-refractivity contribution in [3.05, 3.63) is 41.6 Å². The molecule has 0 radical (unpaired) electrons. The van der Waals surface area contributed by atoms with E-state index in [2.05, 4.69) is 12.2 Å². The van der Waals surface area contributed by atoms with Gasteiger partial charge < -0.3 is 15.0 Å². The van der Waals surface area contributed by atoms with E-state index in [1.165, 1.54) is 6.92 Å². The molecule has 1 fully saturated rings. The van der Waals surface area contributed by atoms with Crippen LogP contribution in [0, 0.1) is 0 Å². The summed E-state index contributed by atoms with van der Waals surface area (Å²) in [5.74, 6) is -0.371. The molecule has 0 saturated carbocycles. The molecule has 1 aromatic rings. The zero-order valence-corrected chi connectivity index (χ0v) is 15.2. The van der Waals surface area contributed by atoms with Crippen molar-refractivity contribution in [2.75, 3.05) is 19.7 Å². The molecule has 1 N–H and O–H groups in total. The third-order valence-corrected chi connectivity index (χ3v) is 4.17. The van der Waals surface area contributed by atoms with Gasteiger partial charge in [-0.1, -0.05) is 37.3 Å². The van der Waals surface area contributed by atoms with E-state index in [-0.39, 0.29) is 17.9 Å². The first-order valence-electron chi connectivity index (χ1n) is 9.05. The van der Waals surface area contributed by atoms with Gasteiger partial charge in [0, 0.05) is 26.6 Å². The molecule has 1 saturated heterocycles. The van der Waals surface area contributed by atoms with Crippen molar-refractivity contribution in [1.82, 2.24) is 10.2 Å². The largest absolute Gasteiger partial charge is 0.378 e. The number of rotatable bonds is 6. The number of hydrogen-bond donors (Lipinski definition) is 1. The Balaban J connectivity index is 2.08. The molecule has 1 aliphatic heterocycles. The number of amides is 2. The van der Waals surface area contributed by atoms with E-state index in [1.807, 2.05) is 35.2 Å². The first-order valence-corrected chi connectivity index (χ1v) is 9.05. The molecule has 0 unspecified atom stereocenters. The molecule has 1 aromatic carbocycles. The molecule has 0 aliphatic carbocycles. The second-order valence-corrected chi connectivity index (χ2v) is 6.37. The lowest BCUT2D eigenvalue weighted by atomic mass is 10.1. The van der Waals surface area contributed by atoms with Gasteiger partial charge >= 0.3 is 0 Å². The summed E-state index contributed by atoms with van der Waals surface area (Å²) in [6.07, 6.45) is 5.69. The topological polar surface area (TPSA) is 58.6 Å². The normalized spacial score (nSPS) is 18.6. The molecular formula is C20H28N2O3. The smallest absolute Gasteiger partial charge is 0.270 e. The van der Waals surface area contributed by atoms with Gasteiger partial charge in [0.15, 0.2) is 0 Å². The number of likely N-dealkylation sites (tertiary alicyclic amines) is 1. The molecule has 0 bridgehead atoms. The predicted octanol–water partition coefficient (Wildman–Crippen LogP) is 2.97. The summed E-state index contributed by atoms with van der Waals surface area (Å²) in [4.78, 5) is 26.3. The maximum atomic E-state index is 12.9. The van der Waals surface area contributed by atoms with Gasteiger partial charge in [-0.15, -0.1) is 0 Å². The number of nitrogens with zero attached hydrogens (tertiary/aromatic N) is 1. The van der Waals surface area contributed by atoms with Crippen molar-refractivity contribution in [2.45, 2.75) is 45.6 Å². The zero-order valence-electron chi connectivity index (χ0n) is 15.2. The Morgan fingerprint density at radius 2 is 2.00 bits per heavy atom. The molecule has 1 heterocycles. The van der Waals surface area contributed by atoms with E-state index < -0.39 is 0 Å². The van der Waals surface area contributed by atoms with Crippen LogP contribution < -0.4 is 5.32 Å². The Hall–Kier alpha value is -2.14. The average Bonchev–Trinajstić information content (AvgIpc) is 2.85. The Morgan fingerprint density at radius 1 is 1.24 bits per heavy atom. The number of hydrogen-bond acceptors (Lipinski definition) is 3. The second-order valence-electron chi connectivity index (χ2n) is 6.37. The quantitative estimate of drug-likeness (QED) is 0.807. The molecule has 25 heavy (non-hydrogen) atoms. The average molecular weight is 344 g/mol. The fraction of sp³-hybridized carbons (Fsp3) is 0.500. The van der Waals surface area contributed by atoms with Crippen molar-refractivity contribution in [3.8, 4) is 0 Å². The van der Waals surface area contributed by atoms with Gasteiger partial charge in [0.1, 0.15) is 5.70 Å². The summed E-state index contributed by atoms with van der Waals surface area (Å²) < 4.78 is 5.84. The number of nitrogens with one attached hydrogen (secondary N) is 1. The van der Waals surface area contributed by atoms with Gasteiger partial charge in [-0.3, -0.25) is 9.59 Å². The number of ether oxygens (including phenoxy) is 1. The maximum absolute atomic E-state index is 12.9. The number of carbonyl (C=O) groups excluding carboxylic acids is 2. The highest BCUT2D eigenvalue weighted by atomic mass is 16.5. The minimum absolute atomic E-state index is 0.129. The van der Waals surface area contributed by atoms with Crippen LogP contribution in [0.4, 0.5) is 0 Å². The molecule has 0 aromatic heterocycles. The highest BCUT2D eigenvalue weighted by Crippen LogP contribution is 2.17. The van der Waals surface area contributed by atoms with E-state index in [0.29, 0.717) is 18.8 Å². The van der Waals surface area contributed by atoms with Crippen LogP contribution in [0.2, 0.25) is 0 Å². The molecule has 136 valence electrons. The molecular weight excluding hydrogens is 316 g/mol. The molecule has 1 atom stereocenters. The fourth-order valence-electron chi connectivity index (χ4n) is 2.95. The zero-order chi connectivity index (χ0) is 18.1. The van der Waals surface area contributed by atoms with E-state index in [0.717, 1.165) is 37.9 Å². The summed E-state index contributed by atoms with van der Waals surface area (Å²) in [5.41, 5.74) is 1.21. The molecule has 5 heteroatoms. The summed E-state index contributed by atoms with van der Waals surface area (Å²) >= 11 is 0. The van der Waals surface area contributed by atoms with Crippen LogP contribution in [0.3, 0.4) is 0 Å². The van der Waals surface area contributed by atoms with Crippen LogP contribution >= 0.6 is 0 Å². The lowest BCUT2D eigenvalue weighted by Crippen LogP contribution is -2.38. The van der Waals surface area contributed by atoms with Crippen LogP contribution in [0.1, 0.15) is 45.1 Å². The van der Waals surface area contributed by atoms with Gasteiger partial charge in [0.25, 0.3) is 5.91 Å². The third-order valence-electron chi connectivity index (χ3n) is 4.17. The van der Waals surface area contributed by atoms with Crippen molar-refractivity contribution < 1.29 is 14.3 Å². The highest BCUT2D eigenvalue weighted by Gasteiger charge is 2.23. The lowest BCUT2D eigenvalue weighted by molar-refractivity contribution is -0.129. The van der Waals surface area contributed by atoms with Gasteiger partial charge in [-0.05, 0) is 37.3 Å². The van der Waals surface area contributed by atoms with Crippen LogP contribution in [0.15, 0.2) is 36.0 Å². The van der Waals surface area contributed by atoms with Crippen LogP contribution in [0.5, 0.6) is 0 Å². The summed E-state index contributed by atoms with van der Waals surface area (Å²) in [6, 6.07) is 9.55. The standard InChI is InChI=1S/C20H28N2O3/c1-3-14-25-18-10-7-12-22(13-11-18)20(24)19(21-16(2)23)15-17-8-5-4-6-9-17/h4-6,8-9,15,18H,3,7,10-14H2,1-2H3,(H,21,23)/b19-15+/t18-/m0/s1. The van der Waals surface area contributed by atoms with Gasteiger partial charge in [0.05, 0.1) is 6.10 Å². The fourth-order valence-corrected chi connectivity index (χ4v) is 2.95. The van der Waals surface area contributed by atoms with Gasteiger partial charge in [-0.25, -0.2) is 0 Å². The first kappa shape index (κ1) is 19.2. The van der Waals surface area contributed by atoms with Crippen molar-refractivity contribution in [3.63, 3.8) is 0 Å². The van der Waals surface area contributed by atoms with Crippen molar-refractivity contribution in [2.24, 2.45) is 0 Å². The number of benzene rings is 1. The second kappa shape index (κ2) is 9.99. The Morgan fingerprint density at radius 3 is 2.68 bits per heavy atom.